The summed E-state index contributed by atoms with van der Waals surface area (Å²) in [6.45, 7) is 4.31. The van der Waals surface area contributed by atoms with Crippen molar-refractivity contribution in [2.75, 3.05) is 31.1 Å². The highest BCUT2D eigenvalue weighted by Crippen LogP contribution is 2.29. The number of benzene rings is 1. The molecule has 0 atom stereocenters. The summed E-state index contributed by atoms with van der Waals surface area (Å²) >= 11 is 0. The number of nitrogens with zero attached hydrogens (tertiary/aromatic N) is 5. The second-order valence-corrected chi connectivity index (χ2v) is 6.39. The van der Waals surface area contributed by atoms with Crippen molar-refractivity contribution < 1.29 is 0 Å². The van der Waals surface area contributed by atoms with Gasteiger partial charge in [-0.05, 0) is 44.2 Å². The second kappa shape index (κ2) is 6.52. The average molecular weight is 309 g/mol. The molecule has 0 aliphatic carbocycles. The van der Waals surface area contributed by atoms with Crippen LogP contribution in [0.2, 0.25) is 0 Å². The van der Waals surface area contributed by atoms with Gasteiger partial charge in [0.1, 0.15) is 0 Å². The van der Waals surface area contributed by atoms with Crippen LogP contribution in [-0.2, 0) is 0 Å². The largest absolute Gasteiger partial charge is 0.363 e. The lowest BCUT2D eigenvalue weighted by Crippen LogP contribution is -2.28. The molecule has 0 unspecified atom stereocenters. The molecule has 2 fully saturated rings. The monoisotopic (exact) mass is 309 g/mol. The van der Waals surface area contributed by atoms with E-state index in [0.29, 0.717) is 0 Å². The highest BCUT2D eigenvalue weighted by atomic mass is 15.2. The molecule has 0 radical (unpaired) electrons. The molecule has 2 aliphatic rings. The van der Waals surface area contributed by atoms with E-state index in [2.05, 4.69) is 9.80 Å². The van der Waals surface area contributed by atoms with Gasteiger partial charge in [-0.25, -0.2) is 15.0 Å². The van der Waals surface area contributed by atoms with E-state index in [9.17, 15) is 0 Å². The number of piperidine rings is 1. The van der Waals surface area contributed by atoms with Crippen LogP contribution >= 0.6 is 0 Å². The summed E-state index contributed by atoms with van der Waals surface area (Å²) in [7, 11) is 0. The Morgan fingerprint density at radius 1 is 0.826 bits per heavy atom. The van der Waals surface area contributed by atoms with E-state index in [4.69, 9.17) is 15.0 Å². The number of hydrogen-bond acceptors (Lipinski definition) is 4. The lowest BCUT2D eigenvalue weighted by atomic mass is 10.1. The molecule has 23 heavy (non-hydrogen) atoms. The number of fused-ring (bicyclic) bond motifs is 1. The predicted octanol–water partition coefficient (Wildman–Crippen LogP) is 3.38. The average Bonchev–Trinajstić information content (AvgIpc) is 3.14. The van der Waals surface area contributed by atoms with Gasteiger partial charge in [-0.1, -0.05) is 12.1 Å². The van der Waals surface area contributed by atoms with Crippen LogP contribution in [0.3, 0.4) is 0 Å². The molecular formula is C18H23N5. The van der Waals surface area contributed by atoms with Gasteiger partial charge in [0, 0.05) is 26.2 Å². The predicted molar refractivity (Wildman–Crippen MR) is 94.6 cm³/mol. The van der Waals surface area contributed by atoms with Gasteiger partial charge in [0.15, 0.2) is 11.6 Å². The quantitative estimate of drug-likeness (QED) is 0.644. The molecule has 5 nitrogen and oxygen atoms in total. The fourth-order valence-electron chi connectivity index (χ4n) is 3.38. The fourth-order valence-corrected chi connectivity index (χ4v) is 3.38. The number of likely N-dealkylation sites (tertiary alicyclic amines) is 1. The molecule has 1 aromatic carbocycles. The maximum atomic E-state index is 4.85. The maximum absolute atomic E-state index is 4.85. The van der Waals surface area contributed by atoms with Crippen molar-refractivity contribution in [3.05, 3.63) is 24.3 Å². The summed E-state index contributed by atoms with van der Waals surface area (Å²) in [4.78, 5) is 19.0. The summed E-state index contributed by atoms with van der Waals surface area (Å²) in [5, 5.41) is 0. The summed E-state index contributed by atoms with van der Waals surface area (Å²) in [5.74, 6) is 1.70. The van der Waals surface area contributed by atoms with Crippen molar-refractivity contribution in [1.82, 2.24) is 14.9 Å². The van der Waals surface area contributed by atoms with Gasteiger partial charge in [0.25, 0.3) is 0 Å². The molecule has 0 spiro atoms. The molecule has 2 aromatic rings. The van der Waals surface area contributed by atoms with Crippen molar-refractivity contribution in [1.29, 1.82) is 0 Å². The highest BCUT2D eigenvalue weighted by molar-refractivity contribution is 5.80. The molecule has 0 N–H and O–H groups in total. The van der Waals surface area contributed by atoms with Crippen molar-refractivity contribution in [3.8, 4) is 0 Å². The molecule has 0 amide bonds. The smallest absolute Gasteiger partial charge is 0.197 e. The molecule has 2 saturated heterocycles. The van der Waals surface area contributed by atoms with Gasteiger partial charge in [0.05, 0.1) is 17.4 Å². The van der Waals surface area contributed by atoms with Crippen LogP contribution in [0.5, 0.6) is 0 Å². The molecule has 0 saturated carbocycles. The van der Waals surface area contributed by atoms with Gasteiger partial charge >= 0.3 is 0 Å². The van der Waals surface area contributed by atoms with Crippen molar-refractivity contribution in [2.45, 2.75) is 32.1 Å². The van der Waals surface area contributed by atoms with Crippen molar-refractivity contribution in [2.24, 2.45) is 4.99 Å². The number of rotatable bonds is 3. The minimum absolute atomic E-state index is 0.760. The third-order valence-corrected chi connectivity index (χ3v) is 4.67. The lowest BCUT2D eigenvalue weighted by Gasteiger charge is -2.24. The number of anilines is 1. The summed E-state index contributed by atoms with van der Waals surface area (Å²) < 4.78 is 0. The standard InChI is InChI=1S/C18H23N5/c1-4-10-22(11-5-1)14-19-17-18(23-12-6-7-13-23)21-16-9-3-2-8-15(16)20-17/h2-3,8-9,14H,1,4-7,10-13H2. The summed E-state index contributed by atoms with van der Waals surface area (Å²) in [6.07, 6.45) is 8.27. The van der Waals surface area contributed by atoms with Crippen molar-refractivity contribution >= 4 is 29.0 Å². The first-order valence-corrected chi connectivity index (χ1v) is 8.70. The van der Waals surface area contributed by atoms with E-state index in [1.807, 2.05) is 30.6 Å². The molecule has 3 heterocycles. The van der Waals surface area contributed by atoms with E-state index in [-0.39, 0.29) is 0 Å². The lowest BCUT2D eigenvalue weighted by molar-refractivity contribution is 0.351. The van der Waals surface area contributed by atoms with E-state index in [1.54, 1.807) is 0 Å². The zero-order valence-corrected chi connectivity index (χ0v) is 13.5. The molecule has 5 heteroatoms. The SMILES string of the molecule is C(=Nc1nc2ccccc2nc1N1CCCC1)N1CCCCC1. The van der Waals surface area contributed by atoms with Gasteiger partial charge in [-0.15, -0.1) is 0 Å². The van der Waals surface area contributed by atoms with Crippen LogP contribution in [0.15, 0.2) is 29.3 Å². The number of hydrogen-bond donors (Lipinski definition) is 0. The summed E-state index contributed by atoms with van der Waals surface area (Å²) in [6, 6.07) is 8.06. The Kier molecular flexibility index (Phi) is 4.09. The Morgan fingerprint density at radius 3 is 2.22 bits per heavy atom. The molecule has 120 valence electrons. The third-order valence-electron chi connectivity index (χ3n) is 4.67. The van der Waals surface area contributed by atoms with Crippen LogP contribution in [0.25, 0.3) is 11.0 Å². The summed E-state index contributed by atoms with van der Waals surface area (Å²) in [5.41, 5.74) is 1.87. The van der Waals surface area contributed by atoms with Gasteiger partial charge in [0.2, 0.25) is 0 Å². The minimum Gasteiger partial charge on any atom is -0.363 e. The topological polar surface area (TPSA) is 44.6 Å². The molecule has 0 bridgehead atoms. The Bertz CT molecular complexity index is 700. The first-order chi connectivity index (χ1) is 11.4. The highest BCUT2D eigenvalue weighted by Gasteiger charge is 2.19. The van der Waals surface area contributed by atoms with Gasteiger partial charge < -0.3 is 9.80 Å². The molecule has 4 rings (SSSR count). The first kappa shape index (κ1) is 14.4. The zero-order chi connectivity index (χ0) is 15.5. The first-order valence-electron chi connectivity index (χ1n) is 8.70. The van der Waals surface area contributed by atoms with E-state index in [1.165, 1.54) is 32.1 Å². The zero-order valence-electron chi connectivity index (χ0n) is 13.5. The molecule has 1 aromatic heterocycles. The number of para-hydroxylation sites is 2. The Labute approximate surface area is 137 Å². The molecular weight excluding hydrogens is 286 g/mol. The van der Waals surface area contributed by atoms with Crippen LogP contribution in [-0.4, -0.2) is 47.4 Å². The second-order valence-electron chi connectivity index (χ2n) is 6.39. The van der Waals surface area contributed by atoms with Crippen LogP contribution in [0.4, 0.5) is 11.6 Å². The Balaban J connectivity index is 1.69. The Morgan fingerprint density at radius 2 is 1.48 bits per heavy atom. The van der Waals surface area contributed by atoms with E-state index < -0.39 is 0 Å². The van der Waals surface area contributed by atoms with Crippen LogP contribution < -0.4 is 4.90 Å². The van der Waals surface area contributed by atoms with E-state index >= 15 is 0 Å². The van der Waals surface area contributed by atoms with E-state index in [0.717, 1.165) is 48.8 Å². The van der Waals surface area contributed by atoms with Crippen LogP contribution in [0, 0.1) is 0 Å². The van der Waals surface area contributed by atoms with Crippen molar-refractivity contribution in [3.63, 3.8) is 0 Å². The number of aliphatic imine (C=N–C) groups is 1. The van der Waals surface area contributed by atoms with Gasteiger partial charge in [-0.2, -0.15) is 0 Å². The number of aromatic nitrogens is 2. The van der Waals surface area contributed by atoms with Crippen LogP contribution in [0.1, 0.15) is 32.1 Å². The maximum Gasteiger partial charge on any atom is 0.197 e. The molecule has 2 aliphatic heterocycles. The fraction of sp³-hybridized carbons (Fsp3) is 0.500. The minimum atomic E-state index is 0.760. The third kappa shape index (κ3) is 3.14. The normalized spacial score (nSPS) is 19.1. The Hall–Kier alpha value is -2.17. The van der Waals surface area contributed by atoms with Gasteiger partial charge in [-0.3, -0.25) is 0 Å².